The molecule has 0 N–H and O–H groups in total. The minimum Gasteiger partial charge on any atom is -0.494 e. The first-order valence-electron chi connectivity index (χ1n) is 8.67. The normalized spacial score (nSPS) is 18.3. The van der Waals surface area contributed by atoms with E-state index in [0.717, 1.165) is 30.9 Å². The summed E-state index contributed by atoms with van der Waals surface area (Å²) in [6, 6.07) is 21.2. The second kappa shape index (κ2) is 7.54. The molecule has 0 aliphatic carbocycles. The molecule has 1 unspecified atom stereocenters. The van der Waals surface area contributed by atoms with Crippen LogP contribution in [0.4, 0.5) is 0 Å². The summed E-state index contributed by atoms with van der Waals surface area (Å²) in [6.07, 6.45) is 2.20. The Balaban J connectivity index is 2.05. The van der Waals surface area contributed by atoms with Gasteiger partial charge in [-0.05, 0) is 12.0 Å². The van der Waals surface area contributed by atoms with Gasteiger partial charge in [-0.25, -0.2) is 5.01 Å². The topological polar surface area (TPSA) is 15.7 Å². The summed E-state index contributed by atoms with van der Waals surface area (Å²) in [4.78, 5) is 0. The van der Waals surface area contributed by atoms with Crippen molar-refractivity contribution in [3.05, 3.63) is 77.5 Å². The Morgan fingerprint density at radius 1 is 0.917 bits per heavy atom. The van der Waals surface area contributed by atoms with Crippen molar-refractivity contribution >= 4 is 5.70 Å². The number of likely N-dealkylation sites (N-methyl/N-ethyl adjacent to an activating group) is 1. The molecule has 3 rings (SSSR count). The molecule has 3 nitrogen and oxygen atoms in total. The third-order valence-electron chi connectivity index (χ3n) is 4.57. The van der Waals surface area contributed by atoms with Crippen LogP contribution in [0.5, 0.6) is 0 Å². The van der Waals surface area contributed by atoms with Crippen LogP contribution in [0.25, 0.3) is 5.70 Å². The van der Waals surface area contributed by atoms with E-state index in [1.807, 2.05) is 0 Å². The molecule has 1 atom stereocenters. The van der Waals surface area contributed by atoms with Crippen LogP contribution in [-0.2, 0) is 4.74 Å². The Hall–Kier alpha value is -2.26. The fourth-order valence-corrected chi connectivity index (χ4v) is 3.19. The van der Waals surface area contributed by atoms with E-state index in [1.54, 1.807) is 0 Å². The lowest BCUT2D eigenvalue weighted by Crippen LogP contribution is -2.32. The van der Waals surface area contributed by atoms with Crippen molar-refractivity contribution in [3.8, 4) is 0 Å². The number of hydrogen-bond donors (Lipinski definition) is 0. The summed E-state index contributed by atoms with van der Waals surface area (Å²) in [5.41, 5.74) is 3.60. The smallest absolute Gasteiger partial charge is 0.145 e. The SMILES string of the molecule is CCCCOC1=C(c2ccccc2)N(C)N(C)C1c1ccccc1. The maximum absolute atomic E-state index is 6.31. The van der Waals surface area contributed by atoms with Gasteiger partial charge in [-0.1, -0.05) is 74.0 Å². The van der Waals surface area contributed by atoms with Crippen LogP contribution in [0.15, 0.2) is 66.4 Å². The zero-order valence-electron chi connectivity index (χ0n) is 14.8. The monoisotopic (exact) mass is 322 g/mol. The Kier molecular flexibility index (Phi) is 5.21. The number of benzene rings is 2. The fraction of sp³-hybridized carbons (Fsp3) is 0.333. The van der Waals surface area contributed by atoms with Gasteiger partial charge in [-0.15, -0.1) is 0 Å². The summed E-state index contributed by atoms with van der Waals surface area (Å²) in [7, 11) is 4.23. The maximum Gasteiger partial charge on any atom is 0.145 e. The Morgan fingerprint density at radius 2 is 1.54 bits per heavy atom. The zero-order chi connectivity index (χ0) is 16.9. The van der Waals surface area contributed by atoms with E-state index in [1.165, 1.54) is 11.1 Å². The molecule has 0 bridgehead atoms. The molecule has 3 heteroatoms. The molecule has 1 aliphatic rings. The lowest BCUT2D eigenvalue weighted by atomic mass is 10.0. The average molecular weight is 322 g/mol. The highest BCUT2D eigenvalue weighted by molar-refractivity contribution is 5.69. The predicted octanol–water partition coefficient (Wildman–Crippen LogP) is 4.71. The van der Waals surface area contributed by atoms with Gasteiger partial charge in [-0.2, -0.15) is 0 Å². The standard InChI is InChI=1S/C21H26N2O/c1-4-5-16-24-21-19(17-12-8-6-9-13-17)22(2)23(3)20(21)18-14-10-7-11-15-18/h6-15,19H,4-5,16H2,1-3H3. The average Bonchev–Trinajstić information content (AvgIpc) is 2.87. The molecular formula is C21H26N2O. The molecule has 1 heterocycles. The number of hydrazine groups is 1. The van der Waals surface area contributed by atoms with Gasteiger partial charge in [0.1, 0.15) is 11.8 Å². The number of ether oxygens (including phenoxy) is 1. The first-order chi connectivity index (χ1) is 11.7. The molecule has 0 aromatic heterocycles. The Bertz CT molecular complexity index is 681. The molecule has 2 aromatic rings. The molecule has 24 heavy (non-hydrogen) atoms. The van der Waals surface area contributed by atoms with Gasteiger partial charge >= 0.3 is 0 Å². The summed E-state index contributed by atoms with van der Waals surface area (Å²) in [6.45, 7) is 2.95. The van der Waals surface area contributed by atoms with Crippen molar-refractivity contribution in [2.24, 2.45) is 0 Å². The first kappa shape index (κ1) is 16.6. The van der Waals surface area contributed by atoms with E-state index >= 15 is 0 Å². The number of nitrogens with zero attached hydrogens (tertiary/aromatic N) is 2. The van der Waals surface area contributed by atoms with E-state index in [-0.39, 0.29) is 6.04 Å². The van der Waals surface area contributed by atoms with E-state index in [4.69, 9.17) is 4.74 Å². The van der Waals surface area contributed by atoms with Crippen LogP contribution in [0, 0.1) is 0 Å². The van der Waals surface area contributed by atoms with Gasteiger partial charge in [0.05, 0.1) is 12.3 Å². The van der Waals surface area contributed by atoms with Crippen molar-refractivity contribution in [1.82, 2.24) is 10.0 Å². The van der Waals surface area contributed by atoms with Crippen molar-refractivity contribution < 1.29 is 4.74 Å². The van der Waals surface area contributed by atoms with E-state index in [0.29, 0.717) is 0 Å². The van der Waals surface area contributed by atoms with Crippen LogP contribution >= 0.6 is 0 Å². The largest absolute Gasteiger partial charge is 0.494 e. The third kappa shape index (κ3) is 3.17. The van der Waals surface area contributed by atoms with Crippen molar-refractivity contribution in [2.75, 3.05) is 20.7 Å². The van der Waals surface area contributed by atoms with Crippen molar-refractivity contribution in [3.63, 3.8) is 0 Å². The number of unbranched alkanes of at least 4 members (excludes halogenated alkanes) is 1. The lowest BCUT2D eigenvalue weighted by molar-refractivity contribution is 0.0608. The van der Waals surface area contributed by atoms with Gasteiger partial charge < -0.3 is 9.75 Å². The molecule has 0 saturated carbocycles. The molecule has 0 fully saturated rings. The van der Waals surface area contributed by atoms with E-state index in [9.17, 15) is 0 Å². The van der Waals surface area contributed by atoms with Gasteiger partial charge in [0, 0.05) is 19.7 Å². The summed E-state index contributed by atoms with van der Waals surface area (Å²) < 4.78 is 6.31. The molecule has 0 saturated heterocycles. The van der Waals surface area contributed by atoms with Gasteiger partial charge in [0.25, 0.3) is 0 Å². The van der Waals surface area contributed by atoms with Gasteiger partial charge in [0.2, 0.25) is 0 Å². The van der Waals surface area contributed by atoms with Crippen LogP contribution in [0.2, 0.25) is 0 Å². The van der Waals surface area contributed by atoms with Crippen LogP contribution in [-0.4, -0.2) is 30.7 Å². The first-order valence-corrected chi connectivity index (χ1v) is 8.67. The molecule has 0 spiro atoms. The predicted molar refractivity (Wildman–Crippen MR) is 98.9 cm³/mol. The van der Waals surface area contributed by atoms with Gasteiger partial charge in [-0.3, -0.25) is 0 Å². The number of hydrogen-bond acceptors (Lipinski definition) is 3. The molecule has 126 valence electrons. The van der Waals surface area contributed by atoms with Crippen LogP contribution < -0.4 is 0 Å². The summed E-state index contributed by atoms with van der Waals surface area (Å²) in [5.74, 6) is 1.05. The fourth-order valence-electron chi connectivity index (χ4n) is 3.19. The quantitative estimate of drug-likeness (QED) is 0.717. The number of rotatable bonds is 6. The lowest BCUT2D eigenvalue weighted by Gasteiger charge is -2.28. The second-order valence-electron chi connectivity index (χ2n) is 6.19. The van der Waals surface area contributed by atoms with Crippen molar-refractivity contribution in [1.29, 1.82) is 0 Å². The summed E-state index contributed by atoms with van der Waals surface area (Å²) in [5, 5.41) is 4.45. The van der Waals surface area contributed by atoms with Gasteiger partial charge in [0.15, 0.2) is 0 Å². The molecule has 0 radical (unpaired) electrons. The molecule has 2 aromatic carbocycles. The highest BCUT2D eigenvalue weighted by atomic mass is 16.5. The summed E-state index contributed by atoms with van der Waals surface area (Å²) >= 11 is 0. The second-order valence-corrected chi connectivity index (χ2v) is 6.19. The van der Waals surface area contributed by atoms with E-state index < -0.39 is 0 Å². The highest BCUT2D eigenvalue weighted by Crippen LogP contribution is 2.42. The third-order valence-corrected chi connectivity index (χ3v) is 4.57. The minimum atomic E-state index is 0.114. The van der Waals surface area contributed by atoms with Crippen molar-refractivity contribution in [2.45, 2.75) is 25.8 Å². The maximum atomic E-state index is 6.31. The Morgan fingerprint density at radius 3 is 2.17 bits per heavy atom. The van der Waals surface area contributed by atoms with Crippen LogP contribution in [0.3, 0.4) is 0 Å². The molecule has 0 amide bonds. The highest BCUT2D eigenvalue weighted by Gasteiger charge is 2.37. The zero-order valence-corrected chi connectivity index (χ0v) is 14.8. The molecule has 1 aliphatic heterocycles. The van der Waals surface area contributed by atoms with Crippen LogP contribution in [0.1, 0.15) is 36.9 Å². The minimum absolute atomic E-state index is 0.114. The van der Waals surface area contributed by atoms with E-state index in [2.05, 4.69) is 91.7 Å². The molecular weight excluding hydrogens is 296 g/mol. The Labute approximate surface area is 145 Å².